The highest BCUT2D eigenvalue weighted by molar-refractivity contribution is 6.30. The monoisotopic (exact) mass is 276 g/mol. The fourth-order valence-electron chi connectivity index (χ4n) is 2.22. The zero-order valence-corrected chi connectivity index (χ0v) is 12.3. The maximum Gasteiger partial charge on any atom is 0.0409 e. The Morgan fingerprint density at radius 1 is 1.26 bits per heavy atom. The summed E-state index contributed by atoms with van der Waals surface area (Å²) >= 11 is 6.02. The molecular formula is C16H21ClN2. The van der Waals surface area contributed by atoms with Gasteiger partial charge in [0.2, 0.25) is 0 Å². The van der Waals surface area contributed by atoms with Crippen LogP contribution < -0.4 is 5.32 Å². The molecule has 0 bridgehead atoms. The first-order valence-corrected chi connectivity index (χ1v) is 7.21. The van der Waals surface area contributed by atoms with Gasteiger partial charge in [-0.1, -0.05) is 30.7 Å². The molecule has 0 radical (unpaired) electrons. The third kappa shape index (κ3) is 3.85. The van der Waals surface area contributed by atoms with Gasteiger partial charge in [0.25, 0.3) is 0 Å². The molecule has 2 rings (SSSR count). The van der Waals surface area contributed by atoms with Crippen molar-refractivity contribution in [1.82, 2.24) is 9.88 Å². The Hall–Kier alpha value is -1.25. The molecule has 102 valence electrons. The smallest absolute Gasteiger partial charge is 0.0409 e. The molecular weight excluding hydrogens is 256 g/mol. The lowest BCUT2D eigenvalue weighted by Crippen LogP contribution is -2.20. The molecule has 0 aliphatic heterocycles. The number of halogens is 1. The summed E-state index contributed by atoms with van der Waals surface area (Å²) in [6, 6.07) is 12.6. The Labute approximate surface area is 120 Å². The summed E-state index contributed by atoms with van der Waals surface area (Å²) in [5.41, 5.74) is 2.55. The van der Waals surface area contributed by atoms with Crippen LogP contribution in [0.3, 0.4) is 0 Å². The van der Waals surface area contributed by atoms with E-state index in [1.165, 1.54) is 11.3 Å². The number of benzene rings is 1. The molecule has 0 unspecified atom stereocenters. The number of nitrogens with one attached hydrogen (secondary N) is 1. The van der Waals surface area contributed by atoms with E-state index in [-0.39, 0.29) is 0 Å². The summed E-state index contributed by atoms with van der Waals surface area (Å²) < 4.78 is 2.30. The maximum atomic E-state index is 6.02. The van der Waals surface area contributed by atoms with Gasteiger partial charge in [0.1, 0.15) is 0 Å². The van der Waals surface area contributed by atoms with Crippen LogP contribution in [0, 0.1) is 0 Å². The van der Waals surface area contributed by atoms with E-state index in [4.69, 9.17) is 11.6 Å². The molecule has 19 heavy (non-hydrogen) atoms. The van der Waals surface area contributed by atoms with Crippen molar-refractivity contribution in [3.63, 3.8) is 0 Å². The highest BCUT2D eigenvalue weighted by Gasteiger charge is 2.06. The predicted molar refractivity (Wildman–Crippen MR) is 81.4 cm³/mol. The molecule has 2 aromatic rings. The summed E-state index contributed by atoms with van der Waals surface area (Å²) in [6.07, 6.45) is 3.30. The van der Waals surface area contributed by atoms with Crippen molar-refractivity contribution < 1.29 is 0 Å². The Morgan fingerprint density at radius 2 is 2.11 bits per heavy atom. The number of aryl methyl sites for hydroxylation is 1. The van der Waals surface area contributed by atoms with Gasteiger partial charge in [0.15, 0.2) is 0 Å². The van der Waals surface area contributed by atoms with Gasteiger partial charge in [-0.2, -0.15) is 0 Å². The second-order valence-electron chi connectivity index (χ2n) is 4.85. The van der Waals surface area contributed by atoms with Crippen LogP contribution in [0.5, 0.6) is 0 Å². The summed E-state index contributed by atoms with van der Waals surface area (Å²) in [6.45, 7) is 6.32. The van der Waals surface area contributed by atoms with E-state index in [0.29, 0.717) is 6.04 Å². The van der Waals surface area contributed by atoms with E-state index in [1.807, 2.05) is 18.2 Å². The number of aromatic nitrogens is 1. The molecule has 0 amide bonds. The lowest BCUT2D eigenvalue weighted by molar-refractivity contribution is 0.542. The maximum absolute atomic E-state index is 6.02. The Balaban J connectivity index is 1.96. The number of nitrogens with zero attached hydrogens (tertiary/aromatic N) is 1. The Bertz CT molecular complexity index is 519. The SMILES string of the molecule is CCCn1cccc1CN[C@H](C)c1cccc(Cl)c1. The lowest BCUT2D eigenvalue weighted by atomic mass is 10.1. The average molecular weight is 277 g/mol. The van der Waals surface area contributed by atoms with Gasteiger partial charge in [-0.25, -0.2) is 0 Å². The normalized spacial score (nSPS) is 12.6. The van der Waals surface area contributed by atoms with E-state index in [0.717, 1.165) is 24.5 Å². The van der Waals surface area contributed by atoms with Gasteiger partial charge in [0, 0.05) is 36.0 Å². The van der Waals surface area contributed by atoms with Crippen LogP contribution in [-0.2, 0) is 13.1 Å². The molecule has 1 aromatic heterocycles. The van der Waals surface area contributed by atoms with Crippen molar-refractivity contribution >= 4 is 11.6 Å². The second-order valence-corrected chi connectivity index (χ2v) is 5.29. The second kappa shape index (κ2) is 6.78. The van der Waals surface area contributed by atoms with Crippen molar-refractivity contribution in [3.05, 3.63) is 58.9 Å². The molecule has 2 nitrogen and oxygen atoms in total. The van der Waals surface area contributed by atoms with E-state index in [9.17, 15) is 0 Å². The summed E-state index contributed by atoms with van der Waals surface area (Å²) in [5, 5.41) is 4.34. The minimum Gasteiger partial charge on any atom is -0.350 e. The largest absolute Gasteiger partial charge is 0.350 e. The fraction of sp³-hybridized carbons (Fsp3) is 0.375. The van der Waals surface area contributed by atoms with Crippen molar-refractivity contribution in [1.29, 1.82) is 0 Å². The van der Waals surface area contributed by atoms with Crippen molar-refractivity contribution in [3.8, 4) is 0 Å². The van der Waals surface area contributed by atoms with Crippen molar-refractivity contribution in [2.45, 2.75) is 39.4 Å². The Kier molecular flexibility index (Phi) is 5.06. The minimum absolute atomic E-state index is 0.295. The molecule has 0 aliphatic carbocycles. The standard InChI is InChI=1S/C16H21ClN2/c1-3-9-19-10-5-8-16(19)12-18-13(2)14-6-4-7-15(17)11-14/h4-8,10-11,13,18H,3,9,12H2,1-2H3/t13-/m1/s1. The van der Waals surface area contributed by atoms with Crippen LogP contribution >= 0.6 is 11.6 Å². The first-order valence-electron chi connectivity index (χ1n) is 6.83. The highest BCUT2D eigenvalue weighted by Crippen LogP contribution is 2.17. The van der Waals surface area contributed by atoms with Gasteiger partial charge >= 0.3 is 0 Å². The Morgan fingerprint density at radius 3 is 2.84 bits per heavy atom. The molecule has 0 aliphatic rings. The minimum atomic E-state index is 0.295. The van der Waals surface area contributed by atoms with Gasteiger partial charge in [-0.05, 0) is 43.2 Å². The molecule has 1 N–H and O–H groups in total. The first-order chi connectivity index (χ1) is 9.20. The van der Waals surface area contributed by atoms with Gasteiger partial charge < -0.3 is 9.88 Å². The number of rotatable bonds is 6. The van der Waals surface area contributed by atoms with E-state index < -0.39 is 0 Å². The van der Waals surface area contributed by atoms with Crippen LogP contribution in [0.25, 0.3) is 0 Å². The third-order valence-corrected chi connectivity index (χ3v) is 3.56. The van der Waals surface area contributed by atoms with Crippen LogP contribution in [0.1, 0.15) is 37.6 Å². The zero-order valence-electron chi connectivity index (χ0n) is 11.6. The number of hydrogen-bond acceptors (Lipinski definition) is 1. The lowest BCUT2D eigenvalue weighted by Gasteiger charge is -2.16. The van der Waals surface area contributed by atoms with Crippen LogP contribution in [-0.4, -0.2) is 4.57 Å². The summed E-state index contributed by atoms with van der Waals surface area (Å²) in [7, 11) is 0. The zero-order chi connectivity index (χ0) is 13.7. The van der Waals surface area contributed by atoms with Crippen molar-refractivity contribution in [2.24, 2.45) is 0 Å². The molecule has 1 atom stereocenters. The van der Waals surface area contributed by atoms with Gasteiger partial charge in [-0.3, -0.25) is 0 Å². The van der Waals surface area contributed by atoms with E-state index >= 15 is 0 Å². The molecule has 0 fully saturated rings. The van der Waals surface area contributed by atoms with Crippen LogP contribution in [0.2, 0.25) is 5.02 Å². The number of hydrogen-bond donors (Lipinski definition) is 1. The third-order valence-electron chi connectivity index (χ3n) is 3.33. The first kappa shape index (κ1) is 14.2. The van der Waals surface area contributed by atoms with Crippen LogP contribution in [0.15, 0.2) is 42.6 Å². The van der Waals surface area contributed by atoms with E-state index in [1.54, 1.807) is 0 Å². The predicted octanol–water partition coefficient (Wildman–Crippen LogP) is 4.40. The molecule has 0 saturated carbocycles. The van der Waals surface area contributed by atoms with Gasteiger partial charge in [-0.15, -0.1) is 0 Å². The quantitative estimate of drug-likeness (QED) is 0.827. The summed E-state index contributed by atoms with van der Waals surface area (Å²) in [4.78, 5) is 0. The molecule has 0 spiro atoms. The topological polar surface area (TPSA) is 17.0 Å². The molecule has 1 heterocycles. The van der Waals surface area contributed by atoms with Crippen molar-refractivity contribution in [2.75, 3.05) is 0 Å². The average Bonchev–Trinajstić information content (AvgIpc) is 2.84. The van der Waals surface area contributed by atoms with Crippen LogP contribution in [0.4, 0.5) is 0 Å². The summed E-state index contributed by atoms with van der Waals surface area (Å²) in [5.74, 6) is 0. The molecule has 3 heteroatoms. The van der Waals surface area contributed by atoms with E-state index in [2.05, 4.69) is 48.1 Å². The fourth-order valence-corrected chi connectivity index (χ4v) is 2.42. The molecule has 0 saturated heterocycles. The van der Waals surface area contributed by atoms with Gasteiger partial charge in [0.05, 0.1) is 0 Å². The molecule has 1 aromatic carbocycles. The highest BCUT2D eigenvalue weighted by atomic mass is 35.5.